The Balaban J connectivity index is 1.70. The Morgan fingerprint density at radius 2 is 2.19 bits per heavy atom. The molecule has 0 aromatic heterocycles. The first-order valence-corrected chi connectivity index (χ1v) is 7.40. The predicted molar refractivity (Wildman–Crippen MR) is 81.3 cm³/mol. The van der Waals surface area contributed by atoms with Gasteiger partial charge in [0.2, 0.25) is 5.91 Å². The van der Waals surface area contributed by atoms with E-state index in [4.69, 9.17) is 5.11 Å². The van der Waals surface area contributed by atoms with Crippen molar-refractivity contribution in [3.8, 4) is 0 Å². The lowest BCUT2D eigenvalue weighted by atomic mass is 9.97. The molecule has 1 aromatic rings. The summed E-state index contributed by atoms with van der Waals surface area (Å²) < 4.78 is 0. The van der Waals surface area contributed by atoms with Crippen LogP contribution in [0.3, 0.4) is 0 Å². The van der Waals surface area contributed by atoms with Crippen molar-refractivity contribution in [1.82, 2.24) is 5.32 Å². The number of carboxylic acids is 1. The maximum absolute atomic E-state index is 11.9. The van der Waals surface area contributed by atoms with E-state index in [1.807, 2.05) is 18.2 Å². The highest BCUT2D eigenvalue weighted by Crippen LogP contribution is 2.32. The molecule has 0 radical (unpaired) electrons. The molecule has 21 heavy (non-hydrogen) atoms. The van der Waals surface area contributed by atoms with E-state index >= 15 is 0 Å². The molecule has 3 N–H and O–H groups in total. The van der Waals surface area contributed by atoms with Gasteiger partial charge in [0.1, 0.15) is 0 Å². The lowest BCUT2D eigenvalue weighted by Crippen LogP contribution is -2.27. The first-order valence-electron chi connectivity index (χ1n) is 7.40. The molecule has 1 aliphatic heterocycles. The number of amides is 1. The number of carbonyl (C=O) groups excluding carboxylic acids is 1. The van der Waals surface area contributed by atoms with Crippen molar-refractivity contribution >= 4 is 17.6 Å². The minimum Gasteiger partial charge on any atom is -0.481 e. The van der Waals surface area contributed by atoms with Gasteiger partial charge >= 0.3 is 5.97 Å². The van der Waals surface area contributed by atoms with Crippen LogP contribution in [0.25, 0.3) is 0 Å². The molecule has 0 spiro atoms. The first-order chi connectivity index (χ1) is 10.1. The first kappa shape index (κ1) is 15.4. The van der Waals surface area contributed by atoms with E-state index in [0.717, 1.165) is 12.2 Å². The summed E-state index contributed by atoms with van der Waals surface area (Å²) in [6.07, 6.45) is 1.75. The summed E-state index contributed by atoms with van der Waals surface area (Å²) in [4.78, 5) is 22.6. The Morgan fingerprint density at radius 3 is 2.95 bits per heavy atom. The molecule has 0 aliphatic carbocycles. The van der Waals surface area contributed by atoms with Gasteiger partial charge in [0.25, 0.3) is 0 Å². The number of rotatable bonds is 7. The zero-order valence-electron chi connectivity index (χ0n) is 12.3. The van der Waals surface area contributed by atoms with Crippen molar-refractivity contribution < 1.29 is 14.7 Å². The van der Waals surface area contributed by atoms with Crippen LogP contribution in [0.5, 0.6) is 0 Å². The van der Waals surface area contributed by atoms with Gasteiger partial charge in [0.05, 0.1) is 5.92 Å². The topological polar surface area (TPSA) is 78.4 Å². The molecule has 1 heterocycles. The molecule has 2 rings (SSSR count). The van der Waals surface area contributed by atoms with Crippen molar-refractivity contribution in [1.29, 1.82) is 0 Å². The molecular formula is C16H22N2O3. The quantitative estimate of drug-likeness (QED) is 0.673. The number of carboxylic acid groups (broad SMARTS) is 1. The summed E-state index contributed by atoms with van der Waals surface area (Å²) in [6.45, 7) is 3.02. The highest BCUT2D eigenvalue weighted by molar-refractivity contribution is 5.78. The fraction of sp³-hybridized carbons (Fsp3) is 0.500. The molecule has 5 heteroatoms. The van der Waals surface area contributed by atoms with Gasteiger partial charge in [-0.3, -0.25) is 9.59 Å². The van der Waals surface area contributed by atoms with Crippen molar-refractivity contribution in [2.75, 3.05) is 18.4 Å². The highest BCUT2D eigenvalue weighted by Gasteiger charge is 2.23. The smallest absolute Gasteiger partial charge is 0.306 e. The second kappa shape index (κ2) is 7.11. The average Bonchev–Trinajstić information content (AvgIpc) is 2.86. The van der Waals surface area contributed by atoms with E-state index in [0.29, 0.717) is 25.8 Å². The van der Waals surface area contributed by atoms with Crippen LogP contribution < -0.4 is 10.6 Å². The van der Waals surface area contributed by atoms with E-state index < -0.39 is 5.97 Å². The summed E-state index contributed by atoms with van der Waals surface area (Å²) in [5.74, 6) is -0.886. The molecule has 1 amide bonds. The Hall–Kier alpha value is -2.04. The molecule has 5 nitrogen and oxygen atoms in total. The summed E-state index contributed by atoms with van der Waals surface area (Å²) in [5, 5.41) is 15.0. The van der Waals surface area contributed by atoms with E-state index in [9.17, 15) is 9.59 Å². The lowest BCUT2D eigenvalue weighted by Gasteiger charge is -2.11. The molecule has 0 bridgehead atoms. The van der Waals surface area contributed by atoms with Gasteiger partial charge < -0.3 is 15.7 Å². The Bertz CT molecular complexity index is 516. The molecule has 1 aromatic carbocycles. The fourth-order valence-electron chi connectivity index (χ4n) is 2.59. The van der Waals surface area contributed by atoms with E-state index in [2.05, 4.69) is 16.7 Å². The lowest BCUT2D eigenvalue weighted by molar-refractivity contribution is -0.141. The van der Waals surface area contributed by atoms with Gasteiger partial charge in [-0.15, -0.1) is 0 Å². The number of para-hydroxylation sites is 1. The Morgan fingerprint density at radius 1 is 1.43 bits per heavy atom. The second-order valence-electron chi connectivity index (χ2n) is 5.60. The van der Waals surface area contributed by atoms with Crippen LogP contribution in [-0.4, -0.2) is 30.1 Å². The van der Waals surface area contributed by atoms with Gasteiger partial charge in [-0.25, -0.2) is 0 Å². The number of hydrogen-bond donors (Lipinski definition) is 3. The molecule has 1 aliphatic rings. The predicted octanol–water partition coefficient (Wildman–Crippen LogP) is 2.20. The molecule has 0 saturated carbocycles. The van der Waals surface area contributed by atoms with Crippen LogP contribution in [0.15, 0.2) is 24.3 Å². The number of nitrogens with one attached hydrogen (secondary N) is 2. The van der Waals surface area contributed by atoms with Gasteiger partial charge in [0.15, 0.2) is 0 Å². The van der Waals surface area contributed by atoms with E-state index in [1.54, 1.807) is 6.92 Å². The second-order valence-corrected chi connectivity index (χ2v) is 5.60. The van der Waals surface area contributed by atoms with Crippen molar-refractivity contribution in [3.05, 3.63) is 29.8 Å². The summed E-state index contributed by atoms with van der Waals surface area (Å²) in [7, 11) is 0. The fourth-order valence-corrected chi connectivity index (χ4v) is 2.59. The van der Waals surface area contributed by atoms with Gasteiger partial charge in [0, 0.05) is 31.1 Å². The molecule has 0 saturated heterocycles. The summed E-state index contributed by atoms with van der Waals surface area (Å²) in [5.41, 5.74) is 2.32. The zero-order chi connectivity index (χ0) is 15.2. The third-order valence-electron chi connectivity index (χ3n) is 3.93. The summed E-state index contributed by atoms with van der Waals surface area (Å²) in [6, 6.07) is 8.06. The van der Waals surface area contributed by atoms with E-state index in [1.165, 1.54) is 5.56 Å². The maximum Gasteiger partial charge on any atom is 0.306 e. The maximum atomic E-state index is 11.9. The monoisotopic (exact) mass is 290 g/mol. The molecule has 0 fully saturated rings. The van der Waals surface area contributed by atoms with Crippen molar-refractivity contribution in [2.24, 2.45) is 5.92 Å². The number of carbonyl (C=O) groups is 2. The zero-order valence-corrected chi connectivity index (χ0v) is 12.3. The van der Waals surface area contributed by atoms with Crippen LogP contribution >= 0.6 is 0 Å². The molecule has 2 unspecified atom stereocenters. The molecule has 2 atom stereocenters. The SMILES string of the molecule is CC(CCCNC(=O)CC1CNc2ccccc21)C(=O)O. The van der Waals surface area contributed by atoms with Crippen LogP contribution in [-0.2, 0) is 9.59 Å². The number of benzene rings is 1. The van der Waals surface area contributed by atoms with Gasteiger partial charge in [-0.1, -0.05) is 25.1 Å². The number of fused-ring (bicyclic) bond motifs is 1. The van der Waals surface area contributed by atoms with Gasteiger partial charge in [-0.2, -0.15) is 0 Å². The molecular weight excluding hydrogens is 268 g/mol. The van der Waals surface area contributed by atoms with Crippen molar-refractivity contribution in [2.45, 2.75) is 32.1 Å². The van der Waals surface area contributed by atoms with E-state index in [-0.39, 0.29) is 17.7 Å². The number of hydrogen-bond acceptors (Lipinski definition) is 3. The Labute approximate surface area is 124 Å². The van der Waals surface area contributed by atoms with Crippen LogP contribution in [0.1, 0.15) is 37.7 Å². The van der Waals surface area contributed by atoms with Crippen molar-refractivity contribution in [3.63, 3.8) is 0 Å². The number of anilines is 1. The largest absolute Gasteiger partial charge is 0.481 e. The third-order valence-corrected chi connectivity index (χ3v) is 3.93. The minimum absolute atomic E-state index is 0.0291. The highest BCUT2D eigenvalue weighted by atomic mass is 16.4. The summed E-state index contributed by atoms with van der Waals surface area (Å²) >= 11 is 0. The Kier molecular flexibility index (Phi) is 5.20. The van der Waals surface area contributed by atoms with Crippen LogP contribution in [0.4, 0.5) is 5.69 Å². The average molecular weight is 290 g/mol. The third kappa shape index (κ3) is 4.21. The molecule has 114 valence electrons. The normalized spacial score (nSPS) is 17.7. The minimum atomic E-state index is -0.782. The van der Waals surface area contributed by atoms with Crippen LogP contribution in [0, 0.1) is 5.92 Å². The number of aliphatic carboxylic acids is 1. The van der Waals surface area contributed by atoms with Crippen LogP contribution in [0.2, 0.25) is 0 Å². The van der Waals surface area contributed by atoms with Gasteiger partial charge in [-0.05, 0) is 24.5 Å². The standard InChI is InChI=1S/C16H22N2O3/c1-11(16(20)21)5-4-8-17-15(19)9-12-10-18-14-7-3-2-6-13(12)14/h2-3,6-7,11-12,18H,4-5,8-10H2,1H3,(H,17,19)(H,20,21).